The van der Waals surface area contributed by atoms with Crippen LogP contribution in [-0.2, 0) is 33.2 Å². The van der Waals surface area contributed by atoms with Gasteiger partial charge in [0.1, 0.15) is 30.5 Å². The molecule has 0 spiro atoms. The maximum absolute atomic E-state index is 12.3. The first-order valence-corrected chi connectivity index (χ1v) is 9.69. The number of carbonyl (C=O) groups excluding carboxylic acids is 1. The second kappa shape index (κ2) is 7.16. The Hall–Kier alpha value is -0.810. The van der Waals surface area contributed by atoms with Crippen LogP contribution < -0.4 is 0 Å². The van der Waals surface area contributed by atoms with Gasteiger partial charge < -0.3 is 38.6 Å². The van der Waals surface area contributed by atoms with Crippen LogP contribution in [-0.4, -0.2) is 77.3 Å². The Balaban J connectivity index is 1.85. The lowest BCUT2D eigenvalue weighted by atomic mass is 9.80. The summed E-state index contributed by atoms with van der Waals surface area (Å²) in [6.45, 7) is 11.9. The smallest absolute Gasteiger partial charge is 0.314 e. The first-order valence-electron chi connectivity index (χ1n) is 9.69. The van der Waals surface area contributed by atoms with E-state index in [9.17, 15) is 15.0 Å². The largest absolute Gasteiger partial charge is 0.466 e. The molecule has 0 amide bonds. The van der Waals surface area contributed by atoms with Crippen LogP contribution in [0.1, 0.15) is 48.5 Å². The quantitative estimate of drug-likeness (QED) is 0.639. The fourth-order valence-corrected chi connectivity index (χ4v) is 3.96. The summed E-state index contributed by atoms with van der Waals surface area (Å²) in [6, 6.07) is 0. The highest BCUT2D eigenvalue weighted by Crippen LogP contribution is 2.45. The van der Waals surface area contributed by atoms with E-state index in [0.29, 0.717) is 0 Å². The molecule has 9 nitrogen and oxygen atoms in total. The van der Waals surface area contributed by atoms with E-state index in [1.54, 1.807) is 34.6 Å². The van der Waals surface area contributed by atoms with Gasteiger partial charge in [0, 0.05) is 0 Å². The number of carbonyl (C=O) groups is 1. The molecule has 162 valence electrons. The van der Waals surface area contributed by atoms with Crippen LogP contribution >= 0.6 is 0 Å². The Morgan fingerprint density at radius 3 is 2.14 bits per heavy atom. The summed E-state index contributed by atoms with van der Waals surface area (Å²) in [6.07, 6.45) is -6.51. The number of fused-ring (bicyclic) bond motifs is 3. The van der Waals surface area contributed by atoms with Crippen molar-refractivity contribution >= 4 is 5.97 Å². The molecular formula is C19H32O9. The van der Waals surface area contributed by atoms with Crippen LogP contribution in [0.3, 0.4) is 0 Å². The molecule has 0 radical (unpaired) electrons. The Bertz CT molecular complexity index is 602. The molecule has 0 aromatic carbocycles. The molecule has 0 saturated carbocycles. The molecule has 0 aromatic rings. The molecule has 3 rings (SSSR count). The molecule has 0 unspecified atom stereocenters. The van der Waals surface area contributed by atoms with Gasteiger partial charge in [-0.05, 0) is 48.5 Å². The zero-order valence-electron chi connectivity index (χ0n) is 17.5. The van der Waals surface area contributed by atoms with E-state index in [0.717, 1.165) is 0 Å². The highest BCUT2D eigenvalue weighted by atomic mass is 16.9. The van der Waals surface area contributed by atoms with Crippen molar-refractivity contribution in [1.29, 1.82) is 0 Å². The van der Waals surface area contributed by atoms with Crippen molar-refractivity contribution in [1.82, 2.24) is 0 Å². The molecule has 7 atom stereocenters. The fraction of sp³-hybridized carbons (Fsp3) is 0.947. The van der Waals surface area contributed by atoms with Gasteiger partial charge in [-0.15, -0.1) is 0 Å². The number of aliphatic hydroxyl groups is 2. The Morgan fingerprint density at radius 1 is 1.00 bits per heavy atom. The van der Waals surface area contributed by atoms with Gasteiger partial charge in [0.2, 0.25) is 0 Å². The zero-order chi connectivity index (χ0) is 21.1. The molecule has 0 aliphatic carbocycles. The van der Waals surface area contributed by atoms with Gasteiger partial charge in [-0.3, -0.25) is 4.79 Å². The van der Waals surface area contributed by atoms with Crippen molar-refractivity contribution in [3.05, 3.63) is 0 Å². The summed E-state index contributed by atoms with van der Waals surface area (Å²) in [7, 11) is 0. The third-order valence-electron chi connectivity index (χ3n) is 5.39. The van der Waals surface area contributed by atoms with E-state index < -0.39 is 65.9 Å². The van der Waals surface area contributed by atoms with E-state index in [-0.39, 0.29) is 6.61 Å². The lowest BCUT2D eigenvalue weighted by molar-refractivity contribution is -0.265. The number of hydrogen-bond donors (Lipinski definition) is 2. The molecule has 9 heteroatoms. The maximum atomic E-state index is 12.3. The average molecular weight is 404 g/mol. The van der Waals surface area contributed by atoms with Crippen LogP contribution in [0.25, 0.3) is 0 Å². The average Bonchev–Trinajstić information content (AvgIpc) is 3.06. The van der Waals surface area contributed by atoms with E-state index in [2.05, 4.69) is 0 Å². The summed E-state index contributed by atoms with van der Waals surface area (Å²) in [5.41, 5.74) is -1.35. The van der Waals surface area contributed by atoms with Gasteiger partial charge in [0.25, 0.3) is 0 Å². The van der Waals surface area contributed by atoms with Crippen LogP contribution in [0.4, 0.5) is 0 Å². The van der Waals surface area contributed by atoms with E-state index in [4.69, 9.17) is 28.4 Å². The SMILES string of the molecule is CCOC(=O)C(C)(C)[C@H](O)[C@@H](O)[C@H]1O[C@@H]2OC(C)(C)O[C@@H]2[C@H]2OC(C)(C)O[C@H]21. The lowest BCUT2D eigenvalue weighted by Crippen LogP contribution is -2.62. The third-order valence-corrected chi connectivity index (χ3v) is 5.39. The Kier molecular flexibility index (Phi) is 5.59. The highest BCUT2D eigenvalue weighted by molar-refractivity contribution is 5.76. The van der Waals surface area contributed by atoms with E-state index in [1.807, 2.05) is 0 Å². The molecule has 3 aliphatic rings. The van der Waals surface area contributed by atoms with Gasteiger partial charge in [-0.25, -0.2) is 0 Å². The Labute approximate surface area is 165 Å². The molecular weight excluding hydrogens is 372 g/mol. The van der Waals surface area contributed by atoms with Crippen molar-refractivity contribution in [3.8, 4) is 0 Å². The van der Waals surface area contributed by atoms with Crippen molar-refractivity contribution in [3.63, 3.8) is 0 Å². The molecule has 2 N–H and O–H groups in total. The topological polar surface area (TPSA) is 113 Å². The second-order valence-corrected chi connectivity index (χ2v) is 9.01. The van der Waals surface area contributed by atoms with E-state index in [1.165, 1.54) is 13.8 Å². The number of aliphatic hydroxyl groups excluding tert-OH is 2. The van der Waals surface area contributed by atoms with Gasteiger partial charge in [-0.2, -0.15) is 0 Å². The van der Waals surface area contributed by atoms with Gasteiger partial charge in [0.05, 0.1) is 18.1 Å². The second-order valence-electron chi connectivity index (χ2n) is 9.01. The molecule has 0 aromatic heterocycles. The predicted octanol–water partition coefficient (Wildman–Crippen LogP) is 0.694. The minimum absolute atomic E-state index is 0.171. The number of hydrogen-bond acceptors (Lipinski definition) is 9. The molecule has 0 bridgehead atoms. The van der Waals surface area contributed by atoms with Gasteiger partial charge >= 0.3 is 5.97 Å². The van der Waals surface area contributed by atoms with Crippen LogP contribution in [0.5, 0.6) is 0 Å². The minimum Gasteiger partial charge on any atom is -0.466 e. The van der Waals surface area contributed by atoms with Crippen molar-refractivity contribution in [2.24, 2.45) is 5.41 Å². The van der Waals surface area contributed by atoms with Crippen LogP contribution in [0.2, 0.25) is 0 Å². The predicted molar refractivity (Wildman–Crippen MR) is 95.0 cm³/mol. The molecule has 3 heterocycles. The Morgan fingerprint density at radius 2 is 1.54 bits per heavy atom. The summed E-state index contributed by atoms with van der Waals surface area (Å²) in [5, 5.41) is 21.7. The van der Waals surface area contributed by atoms with Crippen molar-refractivity contribution in [2.45, 2.75) is 103 Å². The monoisotopic (exact) mass is 404 g/mol. The molecule has 3 saturated heterocycles. The van der Waals surface area contributed by atoms with Gasteiger partial charge in [-0.1, -0.05) is 0 Å². The summed E-state index contributed by atoms with van der Waals surface area (Å²) in [5.74, 6) is -2.43. The van der Waals surface area contributed by atoms with Gasteiger partial charge in [0.15, 0.2) is 17.9 Å². The molecule has 3 fully saturated rings. The summed E-state index contributed by atoms with van der Waals surface area (Å²) < 4.78 is 34.7. The number of ether oxygens (including phenoxy) is 6. The number of rotatable bonds is 5. The molecule has 3 aliphatic heterocycles. The summed E-state index contributed by atoms with van der Waals surface area (Å²) in [4.78, 5) is 12.3. The van der Waals surface area contributed by atoms with Crippen molar-refractivity contribution < 1.29 is 43.4 Å². The first kappa shape index (κ1) is 21.9. The minimum atomic E-state index is -1.46. The van der Waals surface area contributed by atoms with Crippen LogP contribution in [0.15, 0.2) is 0 Å². The first-order chi connectivity index (χ1) is 12.8. The standard InChI is InChI=1S/C19H32O9/c1-8-23-16(22)17(2,3)14(21)9(20)10-11-12(26-18(4,5)25-11)13-15(24-10)28-19(6,7)27-13/h9-15,20-21H,8H2,1-7H3/t9-,10+,11-,12-,13+,14+,15+/m0/s1. The molecule has 28 heavy (non-hydrogen) atoms. The van der Waals surface area contributed by atoms with Crippen LogP contribution in [0, 0.1) is 5.41 Å². The fourth-order valence-electron chi connectivity index (χ4n) is 3.96. The van der Waals surface area contributed by atoms with E-state index >= 15 is 0 Å². The highest BCUT2D eigenvalue weighted by Gasteiger charge is 2.63. The van der Waals surface area contributed by atoms with Crippen molar-refractivity contribution in [2.75, 3.05) is 6.61 Å². The number of esters is 1. The normalized spacial score (nSPS) is 38.4. The lowest BCUT2D eigenvalue weighted by Gasteiger charge is -2.42. The maximum Gasteiger partial charge on any atom is 0.314 e. The summed E-state index contributed by atoms with van der Waals surface area (Å²) >= 11 is 0. The third kappa shape index (κ3) is 3.81. The zero-order valence-corrected chi connectivity index (χ0v) is 17.5.